The predicted octanol–water partition coefficient (Wildman–Crippen LogP) is 3.89. The molecule has 3 heteroatoms. The fourth-order valence-electron chi connectivity index (χ4n) is 1.64. The Hall–Kier alpha value is -1.35. The average molecular weight is 279 g/mol. The molecule has 0 aliphatic carbocycles. The molecule has 0 aliphatic heterocycles. The summed E-state index contributed by atoms with van der Waals surface area (Å²) in [6.45, 7) is 3.95. The average Bonchev–Trinajstić information content (AvgIpc) is 2.77. The second kappa shape index (κ2) is 4.26. The number of hydrogen-bond acceptors (Lipinski definition) is 2. The van der Waals surface area contributed by atoms with E-state index in [0.29, 0.717) is 11.1 Å². The molecule has 2 rings (SSSR count). The first-order valence-electron chi connectivity index (χ1n) is 4.93. The summed E-state index contributed by atoms with van der Waals surface area (Å²) in [6.07, 6.45) is 2.97. The number of halogens is 1. The Morgan fingerprint density at radius 3 is 2.31 bits per heavy atom. The lowest BCUT2D eigenvalue weighted by Gasteiger charge is -2.06. The van der Waals surface area contributed by atoms with Crippen LogP contribution in [0.1, 0.15) is 27.0 Å². The number of ketones is 1. The fourth-order valence-corrected chi connectivity index (χ4v) is 1.87. The van der Waals surface area contributed by atoms with Gasteiger partial charge in [0.1, 0.15) is 6.26 Å². The lowest BCUT2D eigenvalue weighted by atomic mass is 10.0. The van der Waals surface area contributed by atoms with E-state index in [0.717, 1.165) is 15.6 Å². The van der Waals surface area contributed by atoms with Crippen molar-refractivity contribution in [3.05, 3.63) is 57.5 Å². The van der Waals surface area contributed by atoms with E-state index < -0.39 is 0 Å². The summed E-state index contributed by atoms with van der Waals surface area (Å²) in [6, 6.07) is 5.44. The second-order valence-electron chi connectivity index (χ2n) is 3.77. The molecule has 2 nitrogen and oxygen atoms in total. The number of rotatable bonds is 2. The number of hydrogen-bond donors (Lipinski definition) is 0. The first kappa shape index (κ1) is 11.1. The minimum absolute atomic E-state index is 0.00699. The van der Waals surface area contributed by atoms with Crippen molar-refractivity contribution in [2.75, 3.05) is 0 Å². The lowest BCUT2D eigenvalue weighted by molar-refractivity contribution is 0.103. The zero-order valence-corrected chi connectivity index (χ0v) is 10.7. The molecule has 1 heterocycles. The van der Waals surface area contributed by atoms with Crippen molar-refractivity contribution in [3.8, 4) is 0 Å². The highest BCUT2D eigenvalue weighted by Gasteiger charge is 2.12. The normalized spacial score (nSPS) is 10.4. The Morgan fingerprint density at radius 2 is 1.81 bits per heavy atom. The van der Waals surface area contributed by atoms with Crippen molar-refractivity contribution in [1.29, 1.82) is 0 Å². The highest BCUT2D eigenvalue weighted by atomic mass is 79.9. The molecular formula is C13H11BrO2. The summed E-state index contributed by atoms with van der Waals surface area (Å²) in [7, 11) is 0. The molecule has 0 aliphatic rings. The highest BCUT2D eigenvalue weighted by molar-refractivity contribution is 9.10. The van der Waals surface area contributed by atoms with Crippen molar-refractivity contribution in [2.24, 2.45) is 0 Å². The quantitative estimate of drug-likeness (QED) is 0.781. The number of aryl methyl sites for hydroxylation is 2. The van der Waals surface area contributed by atoms with Gasteiger partial charge in [-0.1, -0.05) is 15.9 Å². The third-order valence-electron chi connectivity index (χ3n) is 2.48. The van der Waals surface area contributed by atoms with Crippen molar-refractivity contribution in [1.82, 2.24) is 0 Å². The summed E-state index contributed by atoms with van der Waals surface area (Å²) in [4.78, 5) is 12.0. The standard InChI is InChI=1S/C13H11BrO2/c1-8-5-11(6-9(2)12(8)14)13(15)10-3-4-16-7-10/h3-7H,1-2H3. The molecule has 1 aromatic heterocycles. The number of furan rings is 1. The maximum Gasteiger partial charge on any atom is 0.196 e. The Morgan fingerprint density at radius 1 is 1.19 bits per heavy atom. The van der Waals surface area contributed by atoms with Gasteiger partial charge in [0.05, 0.1) is 11.8 Å². The van der Waals surface area contributed by atoms with Crippen molar-refractivity contribution in [3.63, 3.8) is 0 Å². The predicted molar refractivity (Wildman–Crippen MR) is 65.8 cm³/mol. The summed E-state index contributed by atoms with van der Waals surface area (Å²) < 4.78 is 5.96. The number of carbonyl (C=O) groups is 1. The lowest BCUT2D eigenvalue weighted by Crippen LogP contribution is -2.01. The molecule has 2 aromatic rings. The topological polar surface area (TPSA) is 30.2 Å². The zero-order valence-electron chi connectivity index (χ0n) is 9.08. The molecule has 0 radical (unpaired) electrons. The van der Waals surface area contributed by atoms with E-state index in [4.69, 9.17) is 4.42 Å². The monoisotopic (exact) mass is 278 g/mol. The number of carbonyl (C=O) groups excluding carboxylic acids is 1. The zero-order chi connectivity index (χ0) is 11.7. The van der Waals surface area contributed by atoms with Crippen molar-refractivity contribution >= 4 is 21.7 Å². The third kappa shape index (κ3) is 1.95. The van der Waals surface area contributed by atoms with Crippen molar-refractivity contribution in [2.45, 2.75) is 13.8 Å². The van der Waals surface area contributed by atoms with Crippen LogP contribution in [0.25, 0.3) is 0 Å². The molecule has 82 valence electrons. The van der Waals surface area contributed by atoms with Gasteiger partial charge >= 0.3 is 0 Å². The molecule has 0 saturated heterocycles. The van der Waals surface area contributed by atoms with E-state index >= 15 is 0 Å². The van der Waals surface area contributed by atoms with Gasteiger partial charge in [0, 0.05) is 10.0 Å². The van der Waals surface area contributed by atoms with Gasteiger partial charge in [-0.15, -0.1) is 0 Å². The molecule has 0 atom stereocenters. The minimum Gasteiger partial charge on any atom is -0.472 e. The van der Waals surface area contributed by atoms with Crippen LogP contribution in [0.15, 0.2) is 39.6 Å². The fraction of sp³-hybridized carbons (Fsp3) is 0.154. The molecule has 0 spiro atoms. The minimum atomic E-state index is -0.00699. The maximum atomic E-state index is 12.0. The van der Waals surface area contributed by atoms with Gasteiger partial charge in [0.25, 0.3) is 0 Å². The van der Waals surface area contributed by atoms with Gasteiger partial charge in [-0.2, -0.15) is 0 Å². The molecule has 0 bridgehead atoms. The van der Waals surface area contributed by atoms with Crippen LogP contribution in [-0.2, 0) is 0 Å². The molecule has 0 unspecified atom stereocenters. The van der Waals surface area contributed by atoms with E-state index in [1.807, 2.05) is 26.0 Å². The van der Waals surface area contributed by atoms with Crippen LogP contribution < -0.4 is 0 Å². The van der Waals surface area contributed by atoms with Crippen LogP contribution in [0.2, 0.25) is 0 Å². The van der Waals surface area contributed by atoms with Crippen LogP contribution in [0.5, 0.6) is 0 Å². The van der Waals surface area contributed by atoms with Gasteiger partial charge in [0.15, 0.2) is 5.78 Å². The van der Waals surface area contributed by atoms with Crippen LogP contribution in [0.4, 0.5) is 0 Å². The Labute approximate surface area is 102 Å². The van der Waals surface area contributed by atoms with E-state index in [2.05, 4.69) is 15.9 Å². The van der Waals surface area contributed by atoms with Gasteiger partial charge < -0.3 is 4.42 Å². The van der Waals surface area contributed by atoms with Crippen LogP contribution in [0, 0.1) is 13.8 Å². The van der Waals surface area contributed by atoms with E-state index in [-0.39, 0.29) is 5.78 Å². The third-order valence-corrected chi connectivity index (χ3v) is 3.73. The molecule has 0 fully saturated rings. The Kier molecular flexibility index (Phi) is 2.97. The van der Waals surface area contributed by atoms with Gasteiger partial charge in [-0.3, -0.25) is 4.79 Å². The summed E-state index contributed by atoms with van der Waals surface area (Å²) >= 11 is 3.48. The summed E-state index contributed by atoms with van der Waals surface area (Å²) in [5, 5.41) is 0. The largest absolute Gasteiger partial charge is 0.472 e. The number of benzene rings is 1. The SMILES string of the molecule is Cc1cc(C(=O)c2ccoc2)cc(C)c1Br. The molecule has 1 aromatic carbocycles. The van der Waals surface area contributed by atoms with Crippen molar-refractivity contribution < 1.29 is 9.21 Å². The first-order valence-corrected chi connectivity index (χ1v) is 5.72. The molecular weight excluding hydrogens is 268 g/mol. The summed E-state index contributed by atoms with van der Waals surface area (Å²) in [5.41, 5.74) is 3.40. The first-order chi connectivity index (χ1) is 7.59. The molecule has 0 saturated carbocycles. The van der Waals surface area contributed by atoms with Gasteiger partial charge in [0.2, 0.25) is 0 Å². The smallest absolute Gasteiger partial charge is 0.196 e. The van der Waals surface area contributed by atoms with E-state index in [1.54, 1.807) is 6.07 Å². The molecule has 0 amide bonds. The highest BCUT2D eigenvalue weighted by Crippen LogP contribution is 2.23. The Bertz CT molecular complexity index is 504. The van der Waals surface area contributed by atoms with Gasteiger partial charge in [-0.05, 0) is 43.2 Å². The van der Waals surface area contributed by atoms with Gasteiger partial charge in [-0.25, -0.2) is 0 Å². The van der Waals surface area contributed by atoms with Crippen LogP contribution in [-0.4, -0.2) is 5.78 Å². The van der Waals surface area contributed by atoms with Crippen LogP contribution >= 0.6 is 15.9 Å². The molecule has 0 N–H and O–H groups in total. The summed E-state index contributed by atoms with van der Waals surface area (Å²) in [5.74, 6) is -0.00699. The Balaban J connectivity index is 2.46. The molecule has 16 heavy (non-hydrogen) atoms. The van der Waals surface area contributed by atoms with Crippen LogP contribution in [0.3, 0.4) is 0 Å². The van der Waals surface area contributed by atoms with E-state index in [9.17, 15) is 4.79 Å². The maximum absolute atomic E-state index is 12.0. The van der Waals surface area contributed by atoms with E-state index in [1.165, 1.54) is 12.5 Å². The second-order valence-corrected chi connectivity index (χ2v) is 4.56.